The molecule has 0 spiro atoms. The molecule has 1 rings (SSSR count). The lowest BCUT2D eigenvalue weighted by Gasteiger charge is -2.25. The van der Waals surface area contributed by atoms with E-state index in [-0.39, 0.29) is 5.91 Å². The van der Waals surface area contributed by atoms with Crippen LogP contribution in [0.2, 0.25) is 0 Å². The fraction of sp³-hybridized carbons (Fsp3) is 0.588. The minimum absolute atomic E-state index is 0.136. The van der Waals surface area contributed by atoms with E-state index in [1.54, 1.807) is 14.0 Å². The van der Waals surface area contributed by atoms with Crippen molar-refractivity contribution in [2.75, 3.05) is 19.0 Å². The van der Waals surface area contributed by atoms with Crippen molar-refractivity contribution in [3.63, 3.8) is 0 Å². The number of anilines is 1. The molecule has 4 heteroatoms. The van der Waals surface area contributed by atoms with E-state index < -0.39 is 5.60 Å². The van der Waals surface area contributed by atoms with Crippen LogP contribution in [0.3, 0.4) is 0 Å². The molecule has 21 heavy (non-hydrogen) atoms. The van der Waals surface area contributed by atoms with Crippen LogP contribution in [0.15, 0.2) is 18.2 Å². The molecule has 0 saturated heterocycles. The molecule has 4 nitrogen and oxygen atoms in total. The zero-order valence-corrected chi connectivity index (χ0v) is 13.9. The summed E-state index contributed by atoms with van der Waals surface area (Å²) in [6.45, 7) is 10.6. The summed E-state index contributed by atoms with van der Waals surface area (Å²) in [4.78, 5) is 12.2. The first-order valence-electron chi connectivity index (χ1n) is 7.42. The van der Waals surface area contributed by atoms with E-state index in [9.17, 15) is 4.79 Å². The van der Waals surface area contributed by atoms with Gasteiger partial charge >= 0.3 is 0 Å². The van der Waals surface area contributed by atoms with E-state index >= 15 is 0 Å². The molecule has 1 aromatic rings. The Hall–Kier alpha value is -1.55. The molecule has 0 unspecified atom stereocenters. The smallest absolute Gasteiger partial charge is 0.256 e. The van der Waals surface area contributed by atoms with E-state index in [4.69, 9.17) is 9.47 Å². The van der Waals surface area contributed by atoms with E-state index in [2.05, 4.69) is 19.2 Å². The van der Waals surface area contributed by atoms with Gasteiger partial charge in [-0.05, 0) is 49.9 Å². The van der Waals surface area contributed by atoms with Gasteiger partial charge in [-0.1, -0.05) is 20.8 Å². The average Bonchev–Trinajstić information content (AvgIpc) is 2.45. The van der Waals surface area contributed by atoms with Gasteiger partial charge in [0.15, 0.2) is 0 Å². The summed E-state index contributed by atoms with van der Waals surface area (Å²) in [5.41, 5.74) is 0.955. The van der Waals surface area contributed by atoms with E-state index in [0.29, 0.717) is 18.9 Å². The Morgan fingerprint density at radius 2 is 2.05 bits per heavy atom. The van der Waals surface area contributed by atoms with Crippen LogP contribution in [0, 0.1) is 12.8 Å². The monoisotopic (exact) mass is 293 g/mol. The third kappa shape index (κ3) is 4.74. The second kappa shape index (κ2) is 7.46. The van der Waals surface area contributed by atoms with Gasteiger partial charge in [0.05, 0.1) is 6.61 Å². The van der Waals surface area contributed by atoms with Gasteiger partial charge < -0.3 is 14.8 Å². The lowest BCUT2D eigenvalue weighted by molar-refractivity contribution is -0.136. The number of hydrogen-bond acceptors (Lipinski definition) is 3. The summed E-state index contributed by atoms with van der Waals surface area (Å²) in [5.74, 6) is 1.20. The number of carbonyl (C=O) groups excluding carboxylic acids is 1. The highest BCUT2D eigenvalue weighted by atomic mass is 16.5. The normalized spacial score (nSPS) is 13.9. The Balaban J connectivity index is 2.78. The Morgan fingerprint density at radius 3 is 2.52 bits per heavy atom. The van der Waals surface area contributed by atoms with Crippen LogP contribution in [0.4, 0.5) is 5.69 Å². The van der Waals surface area contributed by atoms with E-state index in [1.807, 2.05) is 32.0 Å². The number of amides is 1. The number of hydrogen-bond donors (Lipinski definition) is 1. The highest BCUT2D eigenvalue weighted by Gasteiger charge is 2.30. The van der Waals surface area contributed by atoms with Gasteiger partial charge in [-0.25, -0.2) is 0 Å². The molecule has 0 aliphatic rings. The third-order valence-corrected chi connectivity index (χ3v) is 3.61. The summed E-state index contributed by atoms with van der Waals surface area (Å²) < 4.78 is 11.0. The van der Waals surface area contributed by atoms with Crippen molar-refractivity contribution in [1.82, 2.24) is 0 Å². The van der Waals surface area contributed by atoms with Gasteiger partial charge in [0.25, 0.3) is 5.91 Å². The maximum Gasteiger partial charge on any atom is 0.256 e. The number of aryl methyl sites for hydroxylation is 1. The fourth-order valence-corrected chi connectivity index (χ4v) is 1.81. The topological polar surface area (TPSA) is 47.6 Å². The molecule has 0 aliphatic heterocycles. The molecule has 1 amide bonds. The lowest BCUT2D eigenvalue weighted by Crippen LogP contribution is -2.41. The van der Waals surface area contributed by atoms with Gasteiger partial charge in [-0.3, -0.25) is 4.79 Å². The summed E-state index contributed by atoms with van der Waals surface area (Å²) in [7, 11) is 1.55. The standard InChI is InChI=1S/C17H27NO3/c1-7-17(5,20-6)16(19)18-14-8-9-15(13(4)10-14)21-11-12(2)3/h8-10,12H,7,11H2,1-6H3,(H,18,19)/t17-/m0/s1. The molecule has 0 fully saturated rings. The SMILES string of the molecule is CC[C@](C)(OC)C(=O)Nc1ccc(OCC(C)C)c(C)c1. The van der Waals surface area contributed by atoms with Gasteiger partial charge in [0, 0.05) is 12.8 Å². The van der Waals surface area contributed by atoms with Gasteiger partial charge in [-0.15, -0.1) is 0 Å². The zero-order valence-electron chi connectivity index (χ0n) is 13.9. The largest absolute Gasteiger partial charge is 0.493 e. The Morgan fingerprint density at radius 1 is 1.38 bits per heavy atom. The van der Waals surface area contributed by atoms with Gasteiger partial charge in [0.1, 0.15) is 11.4 Å². The maximum atomic E-state index is 12.2. The van der Waals surface area contributed by atoms with Crippen LogP contribution < -0.4 is 10.1 Å². The maximum absolute atomic E-state index is 12.2. The molecular weight excluding hydrogens is 266 g/mol. The van der Waals surface area contributed by atoms with Crippen molar-refractivity contribution >= 4 is 11.6 Å². The molecule has 0 aromatic heterocycles. The third-order valence-electron chi connectivity index (χ3n) is 3.61. The van der Waals surface area contributed by atoms with Crippen molar-refractivity contribution in [2.24, 2.45) is 5.92 Å². The number of rotatable bonds is 7. The van der Waals surface area contributed by atoms with Crippen LogP contribution in [-0.4, -0.2) is 25.2 Å². The molecule has 118 valence electrons. The molecular formula is C17H27NO3. The van der Waals surface area contributed by atoms with Crippen LogP contribution in [0.25, 0.3) is 0 Å². The predicted octanol–water partition coefficient (Wildman–Crippen LogP) is 3.78. The van der Waals surface area contributed by atoms with Gasteiger partial charge in [-0.2, -0.15) is 0 Å². The number of methoxy groups -OCH3 is 1. The van der Waals surface area contributed by atoms with Crippen molar-refractivity contribution in [2.45, 2.75) is 46.6 Å². The first kappa shape index (κ1) is 17.5. The first-order valence-corrected chi connectivity index (χ1v) is 7.42. The average molecular weight is 293 g/mol. The molecule has 0 radical (unpaired) electrons. The Labute approximate surface area is 127 Å². The lowest BCUT2D eigenvalue weighted by atomic mass is 10.0. The Bertz CT molecular complexity index is 479. The molecule has 0 saturated carbocycles. The fourth-order valence-electron chi connectivity index (χ4n) is 1.81. The molecule has 1 aromatic carbocycles. The number of ether oxygens (including phenoxy) is 2. The zero-order chi connectivity index (χ0) is 16.0. The minimum atomic E-state index is -0.805. The minimum Gasteiger partial charge on any atom is -0.493 e. The summed E-state index contributed by atoms with van der Waals surface area (Å²) in [5, 5.41) is 2.90. The number of carbonyl (C=O) groups is 1. The van der Waals surface area contributed by atoms with Crippen molar-refractivity contribution < 1.29 is 14.3 Å². The molecule has 1 atom stereocenters. The van der Waals surface area contributed by atoms with E-state index in [1.165, 1.54) is 0 Å². The number of nitrogens with one attached hydrogen (secondary N) is 1. The van der Waals surface area contributed by atoms with Crippen molar-refractivity contribution in [1.29, 1.82) is 0 Å². The molecule has 0 bridgehead atoms. The quantitative estimate of drug-likeness (QED) is 0.832. The second-order valence-corrected chi connectivity index (χ2v) is 5.93. The summed E-state index contributed by atoms with van der Waals surface area (Å²) >= 11 is 0. The first-order chi connectivity index (χ1) is 9.82. The predicted molar refractivity (Wildman–Crippen MR) is 85.8 cm³/mol. The summed E-state index contributed by atoms with van der Waals surface area (Å²) in [6, 6.07) is 5.66. The summed E-state index contributed by atoms with van der Waals surface area (Å²) in [6.07, 6.45) is 0.615. The highest BCUT2D eigenvalue weighted by Crippen LogP contribution is 2.24. The highest BCUT2D eigenvalue weighted by molar-refractivity contribution is 5.97. The van der Waals surface area contributed by atoms with Crippen LogP contribution in [0.5, 0.6) is 5.75 Å². The Kier molecular flexibility index (Phi) is 6.21. The van der Waals surface area contributed by atoms with Crippen LogP contribution in [-0.2, 0) is 9.53 Å². The molecule has 1 N–H and O–H groups in total. The van der Waals surface area contributed by atoms with Crippen LogP contribution >= 0.6 is 0 Å². The number of benzene rings is 1. The molecule has 0 aliphatic carbocycles. The van der Waals surface area contributed by atoms with E-state index in [0.717, 1.165) is 17.0 Å². The van der Waals surface area contributed by atoms with Gasteiger partial charge in [0.2, 0.25) is 0 Å². The van der Waals surface area contributed by atoms with Crippen molar-refractivity contribution in [3.8, 4) is 5.75 Å². The molecule has 0 heterocycles. The van der Waals surface area contributed by atoms with Crippen molar-refractivity contribution in [3.05, 3.63) is 23.8 Å². The van der Waals surface area contributed by atoms with Crippen LogP contribution in [0.1, 0.15) is 39.7 Å². The second-order valence-electron chi connectivity index (χ2n) is 5.93.